The monoisotopic (exact) mass is 436 g/mol. The van der Waals surface area contributed by atoms with Gasteiger partial charge in [0.25, 0.3) is 5.88 Å². The molecule has 0 unspecified atom stereocenters. The van der Waals surface area contributed by atoms with Gasteiger partial charge in [-0.3, -0.25) is 4.79 Å². The number of hydrogen-bond acceptors (Lipinski definition) is 5. The number of rotatable bonds is 6. The predicted molar refractivity (Wildman–Crippen MR) is 122 cm³/mol. The molecule has 0 saturated carbocycles. The van der Waals surface area contributed by atoms with E-state index in [0.717, 1.165) is 30.5 Å². The highest BCUT2D eigenvalue weighted by molar-refractivity contribution is 6.30. The number of amides is 1. The van der Waals surface area contributed by atoms with Gasteiger partial charge in [-0.25, -0.2) is 9.97 Å². The van der Waals surface area contributed by atoms with E-state index in [9.17, 15) is 4.79 Å². The van der Waals surface area contributed by atoms with E-state index < -0.39 is 0 Å². The second kappa shape index (κ2) is 9.79. The number of aryl methyl sites for hydroxylation is 1. The average molecular weight is 437 g/mol. The van der Waals surface area contributed by atoms with Gasteiger partial charge in [0.2, 0.25) is 5.91 Å². The van der Waals surface area contributed by atoms with Crippen molar-refractivity contribution < 1.29 is 9.53 Å². The van der Waals surface area contributed by atoms with Crippen molar-refractivity contribution >= 4 is 23.3 Å². The summed E-state index contributed by atoms with van der Waals surface area (Å²) < 4.78 is 6.00. The van der Waals surface area contributed by atoms with Crippen molar-refractivity contribution in [2.75, 3.05) is 18.0 Å². The van der Waals surface area contributed by atoms with Crippen LogP contribution in [0.4, 0.5) is 5.82 Å². The largest absolute Gasteiger partial charge is 0.436 e. The molecule has 31 heavy (non-hydrogen) atoms. The lowest BCUT2D eigenvalue weighted by molar-refractivity contribution is -0.125. The highest BCUT2D eigenvalue weighted by Crippen LogP contribution is 2.31. The molecule has 0 radical (unpaired) electrons. The first-order chi connectivity index (χ1) is 15.1. The van der Waals surface area contributed by atoms with Gasteiger partial charge in [0.05, 0.1) is 5.92 Å². The van der Waals surface area contributed by atoms with Gasteiger partial charge >= 0.3 is 0 Å². The fourth-order valence-corrected chi connectivity index (χ4v) is 3.90. The number of carbonyl (C=O) groups is 1. The Kier molecular flexibility index (Phi) is 6.67. The highest BCUT2D eigenvalue weighted by Gasteiger charge is 2.28. The lowest BCUT2D eigenvalue weighted by Crippen LogP contribution is -2.43. The average Bonchev–Trinajstić information content (AvgIpc) is 2.79. The van der Waals surface area contributed by atoms with Crippen molar-refractivity contribution in [3.63, 3.8) is 0 Å². The minimum atomic E-state index is -0.123. The first-order valence-electron chi connectivity index (χ1n) is 10.4. The Morgan fingerprint density at radius 1 is 1.19 bits per heavy atom. The van der Waals surface area contributed by atoms with E-state index in [-0.39, 0.29) is 11.8 Å². The molecule has 0 aliphatic carbocycles. The zero-order valence-corrected chi connectivity index (χ0v) is 18.2. The lowest BCUT2D eigenvalue weighted by atomic mass is 9.97. The van der Waals surface area contributed by atoms with E-state index in [1.54, 1.807) is 12.4 Å². The molecule has 0 bridgehead atoms. The van der Waals surface area contributed by atoms with Gasteiger partial charge in [0.15, 0.2) is 5.82 Å². The molecular formula is C24H25ClN4O2. The summed E-state index contributed by atoms with van der Waals surface area (Å²) in [4.78, 5) is 23.8. The Hall–Kier alpha value is -3.12. The Bertz CT molecular complexity index is 1040. The zero-order chi connectivity index (χ0) is 21.6. The van der Waals surface area contributed by atoms with Gasteiger partial charge in [0, 0.05) is 37.1 Å². The van der Waals surface area contributed by atoms with E-state index in [2.05, 4.69) is 20.2 Å². The van der Waals surface area contributed by atoms with E-state index in [1.807, 2.05) is 55.5 Å². The molecule has 1 atom stereocenters. The van der Waals surface area contributed by atoms with Crippen LogP contribution in [0.3, 0.4) is 0 Å². The summed E-state index contributed by atoms with van der Waals surface area (Å²) in [5.74, 6) is 1.73. The minimum absolute atomic E-state index is 0.0366. The summed E-state index contributed by atoms with van der Waals surface area (Å²) in [5, 5.41) is 3.70. The molecule has 1 aliphatic heterocycles. The number of ether oxygens (including phenoxy) is 1. The molecule has 4 rings (SSSR count). The maximum absolute atomic E-state index is 12.8. The van der Waals surface area contributed by atoms with Gasteiger partial charge in [-0.15, -0.1) is 0 Å². The molecule has 2 heterocycles. The fourth-order valence-electron chi connectivity index (χ4n) is 3.69. The molecule has 6 nitrogen and oxygen atoms in total. The molecule has 1 aromatic heterocycles. The van der Waals surface area contributed by atoms with Crippen LogP contribution in [0.2, 0.25) is 5.02 Å². The second-order valence-corrected chi connectivity index (χ2v) is 8.17. The smallest absolute Gasteiger partial charge is 0.263 e. The molecule has 7 heteroatoms. The number of anilines is 1. The number of aromatic nitrogens is 2. The molecule has 160 valence electrons. The third-order valence-electron chi connectivity index (χ3n) is 5.33. The summed E-state index contributed by atoms with van der Waals surface area (Å²) in [6, 6.07) is 15.3. The Labute approximate surface area is 187 Å². The molecule has 2 aromatic carbocycles. The number of nitrogens with one attached hydrogen (secondary N) is 1. The van der Waals surface area contributed by atoms with E-state index in [0.29, 0.717) is 35.6 Å². The Morgan fingerprint density at radius 3 is 2.81 bits per heavy atom. The topological polar surface area (TPSA) is 67.4 Å². The third kappa shape index (κ3) is 5.52. The van der Waals surface area contributed by atoms with Crippen LogP contribution in [0.1, 0.15) is 24.0 Å². The number of carbonyl (C=O) groups excluding carboxylic acids is 1. The Morgan fingerprint density at radius 2 is 2.00 bits per heavy atom. The standard InChI is InChI=1S/C24H25ClN4O2/c1-17-7-9-21(10-8-17)31-24-22(26-11-12-27-24)29-13-3-5-19(16-29)23(30)28-15-18-4-2-6-20(25)14-18/h2,4,6-12,14,19H,3,5,13,15-16H2,1H3,(H,28,30)/t19-/m1/s1. The van der Waals surface area contributed by atoms with Crippen LogP contribution in [0.25, 0.3) is 0 Å². The molecule has 1 fully saturated rings. The first kappa shape index (κ1) is 21.1. The molecule has 1 amide bonds. The maximum Gasteiger partial charge on any atom is 0.263 e. The zero-order valence-electron chi connectivity index (χ0n) is 17.4. The summed E-state index contributed by atoms with van der Waals surface area (Å²) in [7, 11) is 0. The van der Waals surface area contributed by atoms with Gasteiger partial charge in [-0.2, -0.15) is 0 Å². The van der Waals surface area contributed by atoms with Crippen molar-refractivity contribution in [2.24, 2.45) is 5.92 Å². The normalized spacial score (nSPS) is 16.1. The molecule has 1 N–H and O–H groups in total. The van der Waals surface area contributed by atoms with Crippen LogP contribution in [-0.2, 0) is 11.3 Å². The second-order valence-electron chi connectivity index (χ2n) is 7.73. The summed E-state index contributed by atoms with van der Waals surface area (Å²) in [6.45, 7) is 3.87. The molecule has 1 aliphatic rings. The van der Waals surface area contributed by atoms with Crippen LogP contribution in [-0.4, -0.2) is 29.0 Å². The van der Waals surface area contributed by atoms with Gasteiger partial charge in [0.1, 0.15) is 5.75 Å². The van der Waals surface area contributed by atoms with Crippen molar-refractivity contribution in [3.8, 4) is 11.6 Å². The van der Waals surface area contributed by atoms with Crippen LogP contribution in [0.15, 0.2) is 60.9 Å². The lowest BCUT2D eigenvalue weighted by Gasteiger charge is -2.33. The summed E-state index contributed by atoms with van der Waals surface area (Å²) >= 11 is 6.03. The summed E-state index contributed by atoms with van der Waals surface area (Å²) in [6.07, 6.45) is 5.01. The number of nitrogens with zero attached hydrogens (tertiary/aromatic N) is 3. The van der Waals surface area contributed by atoms with E-state index >= 15 is 0 Å². The maximum atomic E-state index is 12.8. The molecule has 1 saturated heterocycles. The first-order valence-corrected chi connectivity index (χ1v) is 10.8. The van der Waals surface area contributed by atoms with Crippen molar-refractivity contribution in [1.82, 2.24) is 15.3 Å². The van der Waals surface area contributed by atoms with E-state index in [1.165, 1.54) is 0 Å². The van der Waals surface area contributed by atoms with Gasteiger partial charge < -0.3 is 15.0 Å². The van der Waals surface area contributed by atoms with Crippen LogP contribution in [0, 0.1) is 12.8 Å². The third-order valence-corrected chi connectivity index (χ3v) is 5.56. The number of piperidine rings is 1. The molecular weight excluding hydrogens is 412 g/mol. The van der Waals surface area contributed by atoms with Crippen molar-refractivity contribution in [3.05, 3.63) is 77.1 Å². The Balaban J connectivity index is 1.42. The highest BCUT2D eigenvalue weighted by atomic mass is 35.5. The van der Waals surface area contributed by atoms with Gasteiger partial charge in [-0.05, 0) is 49.6 Å². The SMILES string of the molecule is Cc1ccc(Oc2nccnc2N2CCC[C@@H](C(=O)NCc3cccc(Cl)c3)C2)cc1. The van der Waals surface area contributed by atoms with Crippen LogP contribution in [0.5, 0.6) is 11.6 Å². The van der Waals surface area contributed by atoms with Gasteiger partial charge in [-0.1, -0.05) is 41.4 Å². The minimum Gasteiger partial charge on any atom is -0.436 e. The summed E-state index contributed by atoms with van der Waals surface area (Å²) in [5.41, 5.74) is 2.14. The number of benzene rings is 2. The molecule has 0 spiro atoms. The van der Waals surface area contributed by atoms with Crippen molar-refractivity contribution in [1.29, 1.82) is 0 Å². The molecule has 3 aromatic rings. The predicted octanol–water partition coefficient (Wildman–Crippen LogP) is 4.76. The quantitative estimate of drug-likeness (QED) is 0.603. The number of halogens is 1. The van der Waals surface area contributed by atoms with Crippen molar-refractivity contribution in [2.45, 2.75) is 26.3 Å². The van der Waals surface area contributed by atoms with Crippen LogP contribution >= 0.6 is 11.6 Å². The van der Waals surface area contributed by atoms with E-state index in [4.69, 9.17) is 16.3 Å². The number of hydrogen-bond donors (Lipinski definition) is 1. The fraction of sp³-hybridized carbons (Fsp3) is 0.292. The van der Waals surface area contributed by atoms with Crippen LogP contribution < -0.4 is 15.0 Å².